The van der Waals surface area contributed by atoms with E-state index in [1.165, 1.54) is 57.8 Å². The molecule has 398 valence electrons. The number of carbonyl (C=O) groups is 3. The van der Waals surface area contributed by atoms with Crippen molar-refractivity contribution in [2.45, 2.75) is 258 Å². The fourth-order valence-electron chi connectivity index (χ4n) is 7.92. The van der Waals surface area contributed by atoms with Crippen molar-refractivity contribution in [3.05, 3.63) is 72.9 Å². The van der Waals surface area contributed by atoms with Gasteiger partial charge in [0.1, 0.15) is 5.41 Å². The monoisotopic (exact) mass is 969 g/mol. The molecule has 0 aliphatic carbocycles. The van der Waals surface area contributed by atoms with Gasteiger partial charge >= 0.3 is 23.7 Å². The molecule has 0 aromatic rings. The number of aliphatic hydroxyl groups excluding tert-OH is 3. The molecule has 0 aromatic carbocycles. The first kappa shape index (κ1) is 65.7. The summed E-state index contributed by atoms with van der Waals surface area (Å²) in [6, 6.07) is 0. The summed E-state index contributed by atoms with van der Waals surface area (Å²) in [5.41, 5.74) is -2.03. The molecule has 9 heteroatoms. The Balaban J connectivity index is 5.31. The second-order valence-corrected chi connectivity index (χ2v) is 19.1. The van der Waals surface area contributed by atoms with E-state index in [4.69, 9.17) is 14.2 Å². The molecule has 0 spiro atoms. The lowest BCUT2D eigenvalue weighted by Gasteiger charge is -2.44. The van der Waals surface area contributed by atoms with Gasteiger partial charge in [-0.1, -0.05) is 190 Å². The van der Waals surface area contributed by atoms with Crippen LogP contribution in [0.15, 0.2) is 72.9 Å². The number of esters is 3. The number of unbranched alkanes of at least 4 members (excludes halogenated alkanes) is 24. The fourth-order valence-corrected chi connectivity index (χ4v) is 7.92. The number of hydrogen-bond donors (Lipinski definition) is 3. The van der Waals surface area contributed by atoms with E-state index in [2.05, 4.69) is 93.7 Å². The number of hydrogen-bond acceptors (Lipinski definition) is 9. The van der Waals surface area contributed by atoms with Crippen LogP contribution in [0, 0.1) is 5.41 Å². The van der Waals surface area contributed by atoms with E-state index >= 15 is 0 Å². The molecule has 0 radical (unpaired) electrons. The Labute approximate surface area is 422 Å². The second kappa shape index (κ2) is 49.7. The molecule has 0 aliphatic rings. The highest BCUT2D eigenvalue weighted by atomic mass is 16.8. The first-order chi connectivity index (χ1) is 33.8. The Kier molecular flexibility index (Phi) is 47.3. The lowest BCUT2D eigenvalue weighted by atomic mass is 9.81. The third-order valence-electron chi connectivity index (χ3n) is 12.7. The minimum atomic E-state index is -2.43. The van der Waals surface area contributed by atoms with Gasteiger partial charge in [0, 0.05) is 19.3 Å². The zero-order valence-electron chi connectivity index (χ0n) is 44.5. The zero-order chi connectivity index (χ0) is 50.6. The van der Waals surface area contributed by atoms with Gasteiger partial charge in [-0.15, -0.1) is 0 Å². The highest BCUT2D eigenvalue weighted by Crippen LogP contribution is 2.38. The van der Waals surface area contributed by atoms with Gasteiger partial charge in [0.25, 0.3) is 0 Å². The third kappa shape index (κ3) is 38.1. The largest absolute Gasteiger partial charge is 0.457 e. The van der Waals surface area contributed by atoms with Crippen LogP contribution in [0.3, 0.4) is 0 Å². The normalized spacial score (nSPS) is 12.6. The Morgan fingerprint density at radius 2 is 0.609 bits per heavy atom. The first-order valence-corrected chi connectivity index (χ1v) is 28.1. The topological polar surface area (TPSA) is 140 Å². The van der Waals surface area contributed by atoms with E-state index < -0.39 is 55.5 Å². The quantitative estimate of drug-likeness (QED) is 0.0235. The van der Waals surface area contributed by atoms with Crippen LogP contribution in [-0.2, 0) is 28.6 Å². The predicted octanol–water partition coefficient (Wildman–Crippen LogP) is 15.7. The summed E-state index contributed by atoms with van der Waals surface area (Å²) >= 11 is 0. The van der Waals surface area contributed by atoms with E-state index in [1.807, 2.05) is 0 Å². The van der Waals surface area contributed by atoms with E-state index in [-0.39, 0.29) is 19.3 Å². The summed E-state index contributed by atoms with van der Waals surface area (Å²) in [6.45, 7) is 3.22. The molecule has 0 bridgehead atoms. The number of ether oxygens (including phenoxy) is 3. The van der Waals surface area contributed by atoms with Crippen LogP contribution in [-0.4, -0.2) is 65.4 Å². The van der Waals surface area contributed by atoms with Crippen molar-refractivity contribution in [3.8, 4) is 0 Å². The Hall–Kier alpha value is -3.27. The maximum absolute atomic E-state index is 13.5. The van der Waals surface area contributed by atoms with Crippen molar-refractivity contribution in [2.24, 2.45) is 5.41 Å². The maximum atomic E-state index is 13.5. The maximum Gasteiger partial charge on any atom is 0.309 e. The number of allylic oxidation sites excluding steroid dienone is 12. The molecule has 69 heavy (non-hydrogen) atoms. The van der Waals surface area contributed by atoms with Gasteiger partial charge in [-0.2, -0.15) is 0 Å². The molecule has 0 rings (SSSR count). The zero-order valence-corrected chi connectivity index (χ0v) is 44.5. The van der Waals surface area contributed by atoms with Crippen LogP contribution in [0.25, 0.3) is 0 Å². The lowest BCUT2D eigenvalue weighted by molar-refractivity contribution is -0.306. The molecule has 0 saturated heterocycles. The van der Waals surface area contributed by atoms with Crippen molar-refractivity contribution in [1.82, 2.24) is 0 Å². The van der Waals surface area contributed by atoms with Gasteiger partial charge in [0.2, 0.25) is 0 Å². The summed E-state index contributed by atoms with van der Waals surface area (Å²) in [5, 5.41) is 31.9. The van der Waals surface area contributed by atoms with Gasteiger partial charge in [-0.25, -0.2) is 0 Å². The smallest absolute Gasteiger partial charge is 0.309 e. The minimum absolute atomic E-state index is 0.00694. The molecule has 0 aliphatic heterocycles. The predicted molar refractivity (Wildman–Crippen MR) is 288 cm³/mol. The van der Waals surface area contributed by atoms with Crippen LogP contribution in [0.2, 0.25) is 0 Å². The molecule has 0 atom stereocenters. The fraction of sp³-hybridized carbons (Fsp3) is 0.750. The molecule has 0 heterocycles. The molecule has 0 saturated carbocycles. The average Bonchev–Trinajstić information content (AvgIpc) is 3.35. The minimum Gasteiger partial charge on any atom is -0.457 e. The van der Waals surface area contributed by atoms with E-state index in [9.17, 15) is 29.7 Å². The number of rotatable bonds is 50. The Morgan fingerprint density at radius 3 is 0.899 bits per heavy atom. The summed E-state index contributed by atoms with van der Waals surface area (Å²) in [4.78, 5) is 40.2. The van der Waals surface area contributed by atoms with Crippen molar-refractivity contribution in [2.75, 3.05) is 26.4 Å². The Morgan fingerprint density at radius 1 is 0.348 bits per heavy atom. The lowest BCUT2D eigenvalue weighted by Crippen LogP contribution is -2.63. The SMILES string of the molecule is CCCCC/C=C\C/C=C\CCCCCCCC(=O)OCC(OC(=O)CCCCCCC/C=C\C/C=C\CCCCC)(OC(=O)CCCCCCC/C=C\C/C=C\CCCCC)C(CO)(CO)CO. The standard InChI is InChI=1S/C60H104O9/c1-4-7-10-13-16-19-22-25-28-31-34-37-40-43-46-49-56(64)67-55-60(59(52-61,53-62)54-63,68-57(65)50-47-44-41-38-35-32-29-26-23-20-17-14-11-8-5-2)69-58(66)51-48-45-42-39-36-33-30-27-24-21-18-15-12-9-6-3/h16-21,25-30,61-63H,4-15,22-24,31-55H2,1-3H3/b19-16-,20-17-,21-18-,28-25-,29-26-,30-27-. The molecule has 9 nitrogen and oxygen atoms in total. The van der Waals surface area contributed by atoms with Crippen molar-refractivity contribution in [3.63, 3.8) is 0 Å². The van der Waals surface area contributed by atoms with Crippen LogP contribution in [0.1, 0.15) is 252 Å². The molecule has 0 amide bonds. The van der Waals surface area contributed by atoms with Crippen molar-refractivity contribution in [1.29, 1.82) is 0 Å². The highest BCUT2D eigenvalue weighted by Gasteiger charge is 2.59. The van der Waals surface area contributed by atoms with Crippen LogP contribution in [0.4, 0.5) is 0 Å². The Bertz CT molecular complexity index is 1300. The van der Waals surface area contributed by atoms with Gasteiger partial charge in [-0.05, 0) is 116 Å². The summed E-state index contributed by atoms with van der Waals surface area (Å²) in [6.07, 6.45) is 60.8. The molecule has 0 unspecified atom stereocenters. The van der Waals surface area contributed by atoms with Crippen LogP contribution >= 0.6 is 0 Å². The second-order valence-electron chi connectivity index (χ2n) is 19.1. The summed E-state index contributed by atoms with van der Waals surface area (Å²) in [5.74, 6) is -4.46. The van der Waals surface area contributed by atoms with Gasteiger partial charge in [0.05, 0.1) is 19.8 Å². The van der Waals surface area contributed by atoms with Gasteiger partial charge in [0.15, 0.2) is 6.61 Å². The van der Waals surface area contributed by atoms with Crippen molar-refractivity contribution < 1.29 is 43.9 Å². The van der Waals surface area contributed by atoms with E-state index in [0.717, 1.165) is 135 Å². The number of carbonyl (C=O) groups excluding carboxylic acids is 3. The summed E-state index contributed by atoms with van der Waals surface area (Å²) < 4.78 is 17.4. The molecule has 3 N–H and O–H groups in total. The third-order valence-corrected chi connectivity index (χ3v) is 12.7. The van der Waals surface area contributed by atoms with Crippen LogP contribution < -0.4 is 0 Å². The molecular weight excluding hydrogens is 865 g/mol. The molecular formula is C60H104O9. The number of aliphatic hydroxyl groups is 3. The average molecular weight is 969 g/mol. The molecule has 0 fully saturated rings. The van der Waals surface area contributed by atoms with E-state index in [0.29, 0.717) is 19.3 Å². The van der Waals surface area contributed by atoms with Gasteiger partial charge in [-0.3, -0.25) is 14.4 Å². The van der Waals surface area contributed by atoms with Crippen LogP contribution in [0.5, 0.6) is 0 Å². The highest BCUT2D eigenvalue weighted by molar-refractivity contribution is 5.73. The van der Waals surface area contributed by atoms with Crippen molar-refractivity contribution >= 4 is 17.9 Å². The summed E-state index contributed by atoms with van der Waals surface area (Å²) in [7, 11) is 0. The van der Waals surface area contributed by atoms with Gasteiger partial charge < -0.3 is 29.5 Å². The first-order valence-electron chi connectivity index (χ1n) is 28.1. The van der Waals surface area contributed by atoms with E-state index in [1.54, 1.807) is 0 Å². The molecule has 0 aromatic heterocycles.